The maximum absolute atomic E-state index is 14.1. The van der Waals surface area contributed by atoms with Crippen molar-refractivity contribution in [2.24, 2.45) is 7.05 Å². The predicted molar refractivity (Wildman–Crippen MR) is 106 cm³/mol. The number of thioether (sulfide) groups is 1. The summed E-state index contributed by atoms with van der Waals surface area (Å²) < 4.78 is 28.6. The first-order valence-electron chi connectivity index (χ1n) is 8.30. The molecule has 0 radical (unpaired) electrons. The Morgan fingerprint density at radius 1 is 1.14 bits per heavy atom. The molecule has 10 heteroatoms. The van der Waals surface area contributed by atoms with Crippen LogP contribution in [-0.2, 0) is 11.8 Å². The summed E-state index contributed by atoms with van der Waals surface area (Å²) in [5.74, 6) is -2.63. The number of benzene rings is 2. The lowest BCUT2D eigenvalue weighted by molar-refractivity contribution is -0.119. The molecule has 0 atom stereocenters. The largest absolute Gasteiger partial charge is 0.274 e. The van der Waals surface area contributed by atoms with Crippen LogP contribution >= 0.6 is 23.4 Å². The molecule has 0 aliphatic rings. The molecule has 0 aliphatic carbocycles. The highest BCUT2D eigenvalue weighted by Gasteiger charge is 2.20. The van der Waals surface area contributed by atoms with Gasteiger partial charge in [0.2, 0.25) is 5.91 Å². The molecule has 2 aromatic carbocycles. The van der Waals surface area contributed by atoms with Gasteiger partial charge >= 0.3 is 0 Å². The average molecular weight is 437 g/mol. The predicted octanol–water partition coefficient (Wildman–Crippen LogP) is 3.57. The summed E-state index contributed by atoms with van der Waals surface area (Å²) in [5, 5.41) is 4.66. The molecule has 0 spiro atoms. The minimum Gasteiger partial charge on any atom is -0.274 e. The summed E-state index contributed by atoms with van der Waals surface area (Å²) >= 11 is 7.08. The molecule has 2 N–H and O–H groups in total. The third kappa shape index (κ3) is 5.33. The van der Waals surface area contributed by atoms with E-state index < -0.39 is 23.4 Å². The number of aryl methyl sites for hydroxylation is 1. The smallest absolute Gasteiger partial charge is 0.273 e. The van der Waals surface area contributed by atoms with Crippen molar-refractivity contribution in [2.75, 3.05) is 5.75 Å². The van der Waals surface area contributed by atoms with Crippen molar-refractivity contribution < 1.29 is 18.4 Å². The Bertz CT molecular complexity index is 1060. The van der Waals surface area contributed by atoms with E-state index in [1.165, 1.54) is 28.7 Å². The SMILES string of the molecule is Cn1cc(C(=O)NNC(=O)CSc2ccc(Cl)cc2)c(-c2ccc(F)cc2F)n1. The van der Waals surface area contributed by atoms with Gasteiger partial charge in [0.15, 0.2) is 0 Å². The van der Waals surface area contributed by atoms with Gasteiger partial charge in [-0.05, 0) is 36.4 Å². The fourth-order valence-electron chi connectivity index (χ4n) is 2.44. The van der Waals surface area contributed by atoms with Crippen molar-refractivity contribution in [1.29, 1.82) is 0 Å². The van der Waals surface area contributed by atoms with E-state index in [1.807, 2.05) is 0 Å². The van der Waals surface area contributed by atoms with Gasteiger partial charge in [0.1, 0.15) is 17.3 Å². The lowest BCUT2D eigenvalue weighted by Crippen LogP contribution is -2.42. The van der Waals surface area contributed by atoms with Crippen LogP contribution in [0, 0.1) is 11.6 Å². The topological polar surface area (TPSA) is 76.0 Å². The fourth-order valence-corrected chi connectivity index (χ4v) is 3.27. The quantitative estimate of drug-likeness (QED) is 0.473. The van der Waals surface area contributed by atoms with Gasteiger partial charge in [-0.25, -0.2) is 8.78 Å². The number of rotatable bonds is 5. The highest BCUT2D eigenvalue weighted by atomic mass is 35.5. The molecule has 3 aromatic rings. The fraction of sp³-hybridized carbons (Fsp3) is 0.105. The third-order valence-corrected chi connectivity index (χ3v) is 5.02. The first-order chi connectivity index (χ1) is 13.8. The normalized spacial score (nSPS) is 10.6. The Kier molecular flexibility index (Phi) is 6.50. The highest BCUT2D eigenvalue weighted by molar-refractivity contribution is 8.00. The van der Waals surface area contributed by atoms with Crippen LogP contribution < -0.4 is 10.9 Å². The summed E-state index contributed by atoms with van der Waals surface area (Å²) in [6.07, 6.45) is 1.38. The van der Waals surface area contributed by atoms with Gasteiger partial charge in [0, 0.05) is 34.8 Å². The number of hydrogen-bond acceptors (Lipinski definition) is 4. The molecule has 3 rings (SSSR count). The number of carbonyl (C=O) groups excluding carboxylic acids is 2. The Morgan fingerprint density at radius 2 is 1.86 bits per heavy atom. The van der Waals surface area contributed by atoms with Crippen LogP contribution in [0.25, 0.3) is 11.3 Å². The molecular weight excluding hydrogens is 422 g/mol. The zero-order valence-electron chi connectivity index (χ0n) is 15.1. The van der Waals surface area contributed by atoms with Gasteiger partial charge in [0.05, 0.1) is 11.3 Å². The van der Waals surface area contributed by atoms with Crippen LogP contribution in [0.5, 0.6) is 0 Å². The summed E-state index contributed by atoms with van der Waals surface area (Å²) in [7, 11) is 1.56. The van der Waals surface area contributed by atoms with Crippen LogP contribution in [0.1, 0.15) is 10.4 Å². The molecule has 6 nitrogen and oxygen atoms in total. The highest BCUT2D eigenvalue weighted by Crippen LogP contribution is 2.25. The van der Waals surface area contributed by atoms with E-state index in [-0.39, 0.29) is 22.6 Å². The lowest BCUT2D eigenvalue weighted by Gasteiger charge is -2.08. The molecule has 2 amide bonds. The second-order valence-electron chi connectivity index (χ2n) is 5.93. The molecular formula is C19H15ClF2N4O2S. The minimum atomic E-state index is -0.846. The third-order valence-electron chi connectivity index (χ3n) is 3.76. The molecule has 29 heavy (non-hydrogen) atoms. The van der Waals surface area contributed by atoms with E-state index in [9.17, 15) is 18.4 Å². The van der Waals surface area contributed by atoms with E-state index >= 15 is 0 Å². The zero-order chi connectivity index (χ0) is 21.0. The molecule has 0 bridgehead atoms. The van der Waals surface area contributed by atoms with Crippen molar-refractivity contribution in [2.45, 2.75) is 4.90 Å². The van der Waals surface area contributed by atoms with Crippen LogP contribution in [0.15, 0.2) is 53.6 Å². The summed E-state index contributed by atoms with van der Waals surface area (Å²) in [6.45, 7) is 0. The maximum atomic E-state index is 14.1. The Hall–Kier alpha value is -2.91. The maximum Gasteiger partial charge on any atom is 0.273 e. The van der Waals surface area contributed by atoms with Crippen LogP contribution in [0.2, 0.25) is 5.02 Å². The molecule has 1 aromatic heterocycles. The van der Waals surface area contributed by atoms with E-state index in [2.05, 4.69) is 16.0 Å². The van der Waals surface area contributed by atoms with Crippen molar-refractivity contribution in [3.8, 4) is 11.3 Å². The summed E-state index contributed by atoms with van der Waals surface area (Å²) in [4.78, 5) is 25.3. The molecule has 150 valence electrons. The average Bonchev–Trinajstić information content (AvgIpc) is 3.07. The number of carbonyl (C=O) groups is 2. The number of nitrogens with one attached hydrogen (secondary N) is 2. The molecule has 0 unspecified atom stereocenters. The molecule has 1 heterocycles. The first-order valence-corrected chi connectivity index (χ1v) is 9.66. The molecule has 0 aliphatic heterocycles. The van der Waals surface area contributed by atoms with Crippen LogP contribution in [0.3, 0.4) is 0 Å². The minimum absolute atomic E-state index is 0.0261. The number of nitrogens with zero attached hydrogens (tertiary/aromatic N) is 2. The van der Waals surface area contributed by atoms with Gasteiger partial charge in [-0.3, -0.25) is 25.1 Å². The second-order valence-corrected chi connectivity index (χ2v) is 7.42. The number of amides is 2. The summed E-state index contributed by atoms with van der Waals surface area (Å²) in [6, 6.07) is 9.96. The van der Waals surface area contributed by atoms with Crippen LogP contribution in [0.4, 0.5) is 8.78 Å². The number of halogens is 3. The number of hydrogen-bond donors (Lipinski definition) is 2. The van der Waals surface area contributed by atoms with E-state index in [0.717, 1.165) is 11.0 Å². The van der Waals surface area contributed by atoms with Gasteiger partial charge in [0.25, 0.3) is 5.91 Å². The second kappa shape index (κ2) is 9.06. The number of hydrazine groups is 1. The van der Waals surface area contributed by atoms with Gasteiger partial charge < -0.3 is 0 Å². The van der Waals surface area contributed by atoms with Gasteiger partial charge in [-0.1, -0.05) is 11.6 Å². The summed E-state index contributed by atoms with van der Waals surface area (Å²) in [5.41, 5.74) is 4.61. The Morgan fingerprint density at radius 3 is 2.55 bits per heavy atom. The van der Waals surface area contributed by atoms with Crippen molar-refractivity contribution >= 4 is 35.2 Å². The molecule has 0 fully saturated rings. The molecule has 0 saturated carbocycles. The first kappa shape index (κ1) is 20.8. The zero-order valence-corrected chi connectivity index (χ0v) is 16.7. The van der Waals surface area contributed by atoms with Crippen molar-refractivity contribution in [3.05, 3.63) is 70.9 Å². The monoisotopic (exact) mass is 436 g/mol. The number of aromatic nitrogens is 2. The standard InChI is InChI=1S/C19H15ClF2N4O2S/c1-26-9-15(18(25-26)14-7-4-12(21)8-16(14)22)19(28)24-23-17(27)10-29-13-5-2-11(20)3-6-13/h2-9H,10H2,1H3,(H,23,27)(H,24,28). The lowest BCUT2D eigenvalue weighted by atomic mass is 10.1. The van der Waals surface area contributed by atoms with Crippen molar-refractivity contribution in [1.82, 2.24) is 20.6 Å². The van der Waals surface area contributed by atoms with Crippen LogP contribution in [-0.4, -0.2) is 27.3 Å². The van der Waals surface area contributed by atoms with Crippen molar-refractivity contribution in [3.63, 3.8) is 0 Å². The van der Waals surface area contributed by atoms with E-state index in [0.29, 0.717) is 11.1 Å². The van der Waals surface area contributed by atoms with E-state index in [1.54, 1.807) is 31.3 Å². The molecule has 0 saturated heterocycles. The van der Waals surface area contributed by atoms with Gasteiger partial charge in [-0.15, -0.1) is 11.8 Å². The van der Waals surface area contributed by atoms with E-state index in [4.69, 9.17) is 11.6 Å². The Labute approximate surface area is 174 Å². The Balaban J connectivity index is 1.63. The van der Waals surface area contributed by atoms with Gasteiger partial charge in [-0.2, -0.15) is 5.10 Å².